The lowest BCUT2D eigenvalue weighted by Crippen LogP contribution is -2.36. The molecule has 0 spiro atoms. The summed E-state index contributed by atoms with van der Waals surface area (Å²) in [4.78, 5) is 38.6. The molecule has 178 valence electrons. The van der Waals surface area contributed by atoms with Gasteiger partial charge >= 0.3 is 0 Å². The zero-order valence-electron chi connectivity index (χ0n) is 18.6. The average molecular weight is 527 g/mol. The first kappa shape index (κ1) is 24.9. The lowest BCUT2D eigenvalue weighted by Gasteiger charge is -2.12. The summed E-state index contributed by atoms with van der Waals surface area (Å²) in [6.07, 6.45) is 1.61. The molecule has 3 amide bonds. The molecule has 6 nitrogen and oxygen atoms in total. The van der Waals surface area contributed by atoms with Crippen molar-refractivity contribution in [3.8, 4) is 5.75 Å². The van der Waals surface area contributed by atoms with Gasteiger partial charge in [0.25, 0.3) is 11.1 Å². The molecule has 0 aliphatic carbocycles. The predicted molar refractivity (Wildman–Crippen MR) is 140 cm³/mol. The Morgan fingerprint density at radius 3 is 2.43 bits per heavy atom. The van der Waals surface area contributed by atoms with Gasteiger partial charge in [0, 0.05) is 21.3 Å². The molecule has 0 bridgehead atoms. The van der Waals surface area contributed by atoms with Crippen LogP contribution >= 0.6 is 35.0 Å². The van der Waals surface area contributed by atoms with Crippen LogP contribution in [0.4, 0.5) is 10.5 Å². The Morgan fingerprint density at radius 1 is 1.03 bits per heavy atom. The number of amides is 3. The second kappa shape index (κ2) is 11.0. The van der Waals surface area contributed by atoms with Crippen molar-refractivity contribution in [3.63, 3.8) is 0 Å². The van der Waals surface area contributed by atoms with E-state index in [0.717, 1.165) is 33.4 Å². The molecular formula is C26H20Cl2N2O4S. The summed E-state index contributed by atoms with van der Waals surface area (Å²) in [6.45, 7) is 1.87. The maximum absolute atomic E-state index is 12.7. The second-order valence-corrected chi connectivity index (χ2v) is 9.61. The van der Waals surface area contributed by atoms with Gasteiger partial charge in [-0.15, -0.1) is 0 Å². The van der Waals surface area contributed by atoms with Gasteiger partial charge in [0.15, 0.2) is 0 Å². The van der Waals surface area contributed by atoms with Crippen LogP contribution in [-0.2, 0) is 16.2 Å². The fraction of sp³-hybridized carbons (Fsp3) is 0.115. The summed E-state index contributed by atoms with van der Waals surface area (Å²) in [7, 11) is 0. The molecule has 0 aromatic heterocycles. The van der Waals surface area contributed by atoms with Crippen LogP contribution in [0.15, 0.2) is 71.6 Å². The molecule has 0 atom stereocenters. The summed E-state index contributed by atoms with van der Waals surface area (Å²) < 4.78 is 5.76. The van der Waals surface area contributed by atoms with Gasteiger partial charge in [0.2, 0.25) is 5.91 Å². The zero-order chi connectivity index (χ0) is 24.9. The highest BCUT2D eigenvalue weighted by molar-refractivity contribution is 8.18. The minimum Gasteiger partial charge on any atom is -0.489 e. The molecule has 3 aromatic carbocycles. The Bertz CT molecular complexity index is 1310. The van der Waals surface area contributed by atoms with Gasteiger partial charge in [0.1, 0.15) is 18.9 Å². The van der Waals surface area contributed by atoms with Crippen LogP contribution in [0.1, 0.15) is 16.7 Å². The molecule has 9 heteroatoms. The van der Waals surface area contributed by atoms with Crippen molar-refractivity contribution in [2.24, 2.45) is 0 Å². The minimum absolute atomic E-state index is 0.250. The number of hydrogen-bond acceptors (Lipinski definition) is 5. The molecular weight excluding hydrogens is 507 g/mol. The van der Waals surface area contributed by atoms with Crippen molar-refractivity contribution >= 4 is 63.8 Å². The molecule has 3 aromatic rings. The van der Waals surface area contributed by atoms with E-state index >= 15 is 0 Å². The number of halogens is 2. The Labute approximate surface area is 216 Å². The number of rotatable bonds is 7. The fourth-order valence-electron chi connectivity index (χ4n) is 3.23. The number of benzene rings is 3. The number of nitrogens with one attached hydrogen (secondary N) is 1. The van der Waals surface area contributed by atoms with E-state index in [2.05, 4.69) is 5.32 Å². The first-order chi connectivity index (χ1) is 16.8. The Morgan fingerprint density at radius 2 is 1.74 bits per heavy atom. The molecule has 0 unspecified atom stereocenters. The first-order valence-electron chi connectivity index (χ1n) is 10.6. The molecule has 1 aliphatic heterocycles. The highest BCUT2D eigenvalue weighted by Crippen LogP contribution is 2.32. The van der Waals surface area contributed by atoms with Crippen molar-refractivity contribution in [1.29, 1.82) is 0 Å². The number of imide groups is 1. The van der Waals surface area contributed by atoms with E-state index in [9.17, 15) is 14.4 Å². The van der Waals surface area contributed by atoms with Gasteiger partial charge < -0.3 is 10.1 Å². The molecule has 1 N–H and O–H groups in total. The van der Waals surface area contributed by atoms with E-state index in [0.29, 0.717) is 21.5 Å². The van der Waals surface area contributed by atoms with E-state index < -0.39 is 17.1 Å². The van der Waals surface area contributed by atoms with E-state index in [1.807, 2.05) is 19.1 Å². The monoisotopic (exact) mass is 526 g/mol. The Kier molecular flexibility index (Phi) is 7.80. The number of carbonyl (C=O) groups excluding carboxylic acids is 3. The summed E-state index contributed by atoms with van der Waals surface area (Å²) in [5.74, 6) is -0.328. The second-order valence-electron chi connectivity index (χ2n) is 7.78. The van der Waals surface area contributed by atoms with Gasteiger partial charge in [-0.1, -0.05) is 59.1 Å². The summed E-state index contributed by atoms with van der Waals surface area (Å²) >= 11 is 12.9. The number of ether oxygens (including phenoxy) is 1. The highest BCUT2D eigenvalue weighted by atomic mass is 35.5. The van der Waals surface area contributed by atoms with Gasteiger partial charge in [-0.3, -0.25) is 19.3 Å². The van der Waals surface area contributed by atoms with E-state index in [1.165, 1.54) is 0 Å². The number of anilines is 1. The smallest absolute Gasteiger partial charge is 0.294 e. The van der Waals surface area contributed by atoms with Gasteiger partial charge in [-0.2, -0.15) is 0 Å². The first-order valence-corrected chi connectivity index (χ1v) is 12.1. The molecule has 1 fully saturated rings. The maximum Gasteiger partial charge on any atom is 0.294 e. The van der Waals surface area contributed by atoms with Gasteiger partial charge in [-0.05, 0) is 66.7 Å². The normalized spacial score (nSPS) is 14.5. The number of hydrogen-bond donors (Lipinski definition) is 1. The average Bonchev–Trinajstić information content (AvgIpc) is 3.08. The highest BCUT2D eigenvalue weighted by Gasteiger charge is 2.36. The van der Waals surface area contributed by atoms with E-state index in [-0.39, 0.29) is 18.1 Å². The van der Waals surface area contributed by atoms with Crippen molar-refractivity contribution in [2.45, 2.75) is 13.5 Å². The van der Waals surface area contributed by atoms with Crippen molar-refractivity contribution < 1.29 is 19.1 Å². The molecule has 35 heavy (non-hydrogen) atoms. The molecule has 1 heterocycles. The fourth-order valence-corrected chi connectivity index (χ4v) is 4.53. The number of aryl methyl sites for hydroxylation is 1. The zero-order valence-corrected chi connectivity index (χ0v) is 20.9. The molecule has 1 saturated heterocycles. The van der Waals surface area contributed by atoms with Crippen LogP contribution in [0, 0.1) is 6.92 Å². The van der Waals surface area contributed by atoms with Crippen LogP contribution in [0.25, 0.3) is 6.08 Å². The molecule has 0 saturated carbocycles. The summed E-state index contributed by atoms with van der Waals surface area (Å²) in [5, 5.41) is 3.29. The van der Waals surface area contributed by atoms with Crippen LogP contribution in [0.5, 0.6) is 5.75 Å². The van der Waals surface area contributed by atoms with Crippen LogP contribution < -0.4 is 10.1 Å². The third kappa shape index (κ3) is 6.45. The van der Waals surface area contributed by atoms with Crippen LogP contribution in [-0.4, -0.2) is 28.5 Å². The van der Waals surface area contributed by atoms with Crippen molar-refractivity contribution in [1.82, 2.24) is 4.90 Å². The Balaban J connectivity index is 1.35. The predicted octanol–water partition coefficient (Wildman–Crippen LogP) is 6.56. The van der Waals surface area contributed by atoms with Gasteiger partial charge in [-0.25, -0.2) is 0 Å². The Hall–Kier alpha value is -3.26. The number of nitrogens with zero attached hydrogens (tertiary/aromatic N) is 1. The standard InChI is InChI=1S/C26H20Cl2N2O4S/c1-16-2-8-20(9-3-16)29-24(31)14-30-25(32)23(35-26(30)33)12-17-4-10-21(11-5-17)34-15-18-6-7-19(27)13-22(18)28/h2-13H,14-15H2,1H3,(H,29,31)/b23-12+. The molecule has 4 rings (SSSR count). The number of carbonyl (C=O) groups is 3. The van der Waals surface area contributed by atoms with Crippen molar-refractivity contribution in [3.05, 3.63) is 98.4 Å². The van der Waals surface area contributed by atoms with E-state index in [4.69, 9.17) is 27.9 Å². The number of thioether (sulfide) groups is 1. The van der Waals surface area contributed by atoms with Crippen LogP contribution in [0.2, 0.25) is 10.0 Å². The lowest BCUT2D eigenvalue weighted by molar-refractivity contribution is -0.127. The maximum atomic E-state index is 12.7. The molecule has 1 aliphatic rings. The quantitative estimate of drug-likeness (QED) is 0.353. The topological polar surface area (TPSA) is 75.7 Å². The van der Waals surface area contributed by atoms with Crippen LogP contribution in [0.3, 0.4) is 0 Å². The third-order valence-electron chi connectivity index (χ3n) is 5.10. The van der Waals surface area contributed by atoms with Gasteiger partial charge in [0.05, 0.1) is 4.91 Å². The van der Waals surface area contributed by atoms with E-state index in [1.54, 1.807) is 60.7 Å². The summed E-state index contributed by atoms with van der Waals surface area (Å²) in [5.41, 5.74) is 3.19. The molecule has 0 radical (unpaired) electrons. The largest absolute Gasteiger partial charge is 0.489 e. The summed E-state index contributed by atoms with van der Waals surface area (Å²) in [6, 6.07) is 19.5. The lowest BCUT2D eigenvalue weighted by atomic mass is 10.2. The minimum atomic E-state index is -0.503. The SMILES string of the molecule is Cc1ccc(NC(=O)CN2C(=O)S/C(=C/c3ccc(OCc4ccc(Cl)cc4Cl)cc3)C2=O)cc1. The van der Waals surface area contributed by atoms with Crippen molar-refractivity contribution in [2.75, 3.05) is 11.9 Å². The third-order valence-corrected chi connectivity index (χ3v) is 6.59.